The Labute approximate surface area is 131 Å². The summed E-state index contributed by atoms with van der Waals surface area (Å²) in [6.07, 6.45) is 1.67. The third kappa shape index (κ3) is 2.70. The van der Waals surface area contributed by atoms with Crippen molar-refractivity contribution in [1.82, 2.24) is 14.9 Å². The van der Waals surface area contributed by atoms with E-state index < -0.39 is 9.84 Å². The largest absolute Gasteiger partial charge is 0.383 e. The SMILES string of the molecule is COCCN1C[C@@H]2c3nc(N(C)C)ncc3CS(=O)(=O)[C@@H]2C1. The molecule has 1 aromatic heterocycles. The molecule has 0 aliphatic carbocycles. The minimum atomic E-state index is -3.14. The number of nitrogens with zero attached hydrogens (tertiary/aromatic N) is 4. The van der Waals surface area contributed by atoms with Gasteiger partial charge in [-0.3, -0.25) is 4.90 Å². The van der Waals surface area contributed by atoms with Crippen molar-refractivity contribution in [1.29, 1.82) is 0 Å². The van der Waals surface area contributed by atoms with E-state index in [1.54, 1.807) is 13.3 Å². The lowest BCUT2D eigenvalue weighted by Crippen LogP contribution is -2.35. The van der Waals surface area contributed by atoms with Crippen LogP contribution in [0.4, 0.5) is 5.95 Å². The van der Waals surface area contributed by atoms with Crippen molar-refractivity contribution in [2.45, 2.75) is 16.9 Å². The number of hydrogen-bond acceptors (Lipinski definition) is 7. The van der Waals surface area contributed by atoms with E-state index in [4.69, 9.17) is 4.74 Å². The molecule has 7 nitrogen and oxygen atoms in total. The maximum Gasteiger partial charge on any atom is 0.225 e. The molecule has 3 heterocycles. The maximum absolute atomic E-state index is 12.5. The fraction of sp³-hybridized carbons (Fsp3) is 0.714. The second-order valence-electron chi connectivity index (χ2n) is 6.18. The van der Waals surface area contributed by atoms with E-state index in [9.17, 15) is 8.42 Å². The molecule has 0 unspecified atom stereocenters. The maximum atomic E-state index is 12.5. The molecule has 8 heteroatoms. The van der Waals surface area contributed by atoms with Gasteiger partial charge < -0.3 is 9.64 Å². The van der Waals surface area contributed by atoms with Crippen molar-refractivity contribution >= 4 is 15.8 Å². The number of ether oxygens (including phenoxy) is 1. The summed E-state index contributed by atoms with van der Waals surface area (Å²) in [5.74, 6) is 0.620. The predicted octanol–water partition coefficient (Wildman–Crippen LogP) is -0.115. The van der Waals surface area contributed by atoms with Crippen LogP contribution in [-0.4, -0.2) is 76.0 Å². The molecule has 122 valence electrons. The normalized spacial score (nSPS) is 26.5. The van der Waals surface area contributed by atoms with Gasteiger partial charge in [-0.05, 0) is 0 Å². The molecule has 0 bridgehead atoms. The Hall–Kier alpha value is -1.25. The Bertz CT molecular complexity index is 662. The molecule has 2 aliphatic rings. The Kier molecular flexibility index (Phi) is 4.09. The monoisotopic (exact) mass is 326 g/mol. The van der Waals surface area contributed by atoms with Crippen LogP contribution >= 0.6 is 0 Å². The third-order valence-corrected chi connectivity index (χ3v) is 6.52. The second-order valence-corrected chi connectivity index (χ2v) is 8.40. The van der Waals surface area contributed by atoms with Crippen LogP contribution < -0.4 is 4.90 Å². The molecule has 0 amide bonds. The molecular weight excluding hydrogens is 304 g/mol. The third-order valence-electron chi connectivity index (χ3n) is 4.41. The van der Waals surface area contributed by atoms with Crippen LogP contribution in [0.2, 0.25) is 0 Å². The first kappa shape index (κ1) is 15.6. The fourth-order valence-corrected chi connectivity index (χ4v) is 5.29. The summed E-state index contributed by atoms with van der Waals surface area (Å²) >= 11 is 0. The number of hydrogen-bond donors (Lipinski definition) is 0. The number of rotatable bonds is 4. The van der Waals surface area contributed by atoms with E-state index >= 15 is 0 Å². The Morgan fingerprint density at radius 1 is 1.41 bits per heavy atom. The number of fused-ring (bicyclic) bond motifs is 3. The molecule has 0 saturated carbocycles. The number of anilines is 1. The lowest BCUT2D eigenvalue weighted by molar-refractivity contribution is 0.160. The van der Waals surface area contributed by atoms with Crippen LogP contribution in [0, 0.1) is 0 Å². The highest BCUT2D eigenvalue weighted by molar-refractivity contribution is 7.91. The van der Waals surface area contributed by atoms with E-state index in [1.165, 1.54) is 0 Å². The van der Waals surface area contributed by atoms with Crippen LogP contribution in [0.15, 0.2) is 6.20 Å². The Morgan fingerprint density at radius 2 is 2.18 bits per heavy atom. The summed E-state index contributed by atoms with van der Waals surface area (Å²) < 4.78 is 30.2. The first-order valence-electron chi connectivity index (χ1n) is 7.38. The van der Waals surface area contributed by atoms with Crippen molar-refractivity contribution in [3.05, 3.63) is 17.5 Å². The fourth-order valence-electron chi connectivity index (χ4n) is 3.26. The summed E-state index contributed by atoms with van der Waals surface area (Å²) in [4.78, 5) is 12.9. The highest BCUT2D eigenvalue weighted by Gasteiger charge is 2.47. The lowest BCUT2D eigenvalue weighted by Gasteiger charge is -2.27. The second kappa shape index (κ2) is 5.75. The van der Waals surface area contributed by atoms with Gasteiger partial charge in [-0.25, -0.2) is 18.4 Å². The van der Waals surface area contributed by atoms with E-state index in [0.717, 1.165) is 17.8 Å². The topological polar surface area (TPSA) is 75.6 Å². The molecule has 22 heavy (non-hydrogen) atoms. The molecule has 1 saturated heterocycles. The predicted molar refractivity (Wildman–Crippen MR) is 83.8 cm³/mol. The van der Waals surface area contributed by atoms with Gasteiger partial charge in [-0.1, -0.05) is 0 Å². The van der Waals surface area contributed by atoms with Gasteiger partial charge in [0.05, 0.1) is 23.3 Å². The number of aromatic nitrogens is 2. The minimum absolute atomic E-state index is 0.0509. The van der Waals surface area contributed by atoms with E-state index in [2.05, 4.69) is 14.9 Å². The summed E-state index contributed by atoms with van der Waals surface area (Å²) in [6.45, 7) is 2.64. The highest BCUT2D eigenvalue weighted by Crippen LogP contribution is 2.39. The number of likely N-dealkylation sites (tertiary alicyclic amines) is 1. The zero-order chi connectivity index (χ0) is 15.9. The van der Waals surface area contributed by atoms with E-state index in [-0.39, 0.29) is 16.9 Å². The molecule has 3 rings (SSSR count). The van der Waals surface area contributed by atoms with Gasteiger partial charge in [-0.15, -0.1) is 0 Å². The molecule has 1 aromatic rings. The van der Waals surface area contributed by atoms with Crippen molar-refractivity contribution in [2.75, 3.05) is 52.3 Å². The number of methoxy groups -OCH3 is 1. The highest BCUT2D eigenvalue weighted by atomic mass is 32.2. The van der Waals surface area contributed by atoms with E-state index in [0.29, 0.717) is 25.6 Å². The smallest absolute Gasteiger partial charge is 0.225 e. The Balaban J connectivity index is 1.96. The molecule has 0 N–H and O–H groups in total. The summed E-state index contributed by atoms with van der Waals surface area (Å²) in [7, 11) is 2.29. The van der Waals surface area contributed by atoms with E-state index in [1.807, 2.05) is 19.0 Å². The van der Waals surface area contributed by atoms with Crippen LogP contribution in [0.25, 0.3) is 0 Å². The first-order chi connectivity index (χ1) is 10.4. The zero-order valence-electron chi connectivity index (χ0n) is 13.2. The van der Waals surface area contributed by atoms with Crippen LogP contribution in [0.1, 0.15) is 17.2 Å². The van der Waals surface area contributed by atoms with Crippen LogP contribution in [0.3, 0.4) is 0 Å². The summed E-state index contributed by atoms with van der Waals surface area (Å²) in [5.41, 5.74) is 1.65. The van der Waals surface area contributed by atoms with Gasteiger partial charge in [0.25, 0.3) is 0 Å². The van der Waals surface area contributed by atoms with Crippen molar-refractivity contribution in [2.24, 2.45) is 0 Å². The minimum Gasteiger partial charge on any atom is -0.383 e. The summed E-state index contributed by atoms with van der Waals surface area (Å²) in [6, 6.07) is 0. The van der Waals surface area contributed by atoms with Gasteiger partial charge in [0.2, 0.25) is 5.95 Å². The zero-order valence-corrected chi connectivity index (χ0v) is 14.0. The summed E-state index contributed by atoms with van der Waals surface area (Å²) in [5, 5.41) is -0.359. The van der Waals surface area contributed by atoms with Crippen LogP contribution in [0.5, 0.6) is 0 Å². The Morgan fingerprint density at radius 3 is 2.86 bits per heavy atom. The molecular formula is C14H22N4O3S. The first-order valence-corrected chi connectivity index (χ1v) is 9.10. The van der Waals surface area contributed by atoms with Crippen LogP contribution in [-0.2, 0) is 20.3 Å². The molecule has 2 aliphatic heterocycles. The van der Waals surface area contributed by atoms with Gasteiger partial charge in [-0.2, -0.15) is 0 Å². The molecule has 0 aromatic carbocycles. The molecule has 1 fully saturated rings. The van der Waals surface area contributed by atoms with Gasteiger partial charge in [0.15, 0.2) is 9.84 Å². The molecule has 0 spiro atoms. The van der Waals surface area contributed by atoms with Gasteiger partial charge >= 0.3 is 0 Å². The van der Waals surface area contributed by atoms with Crippen molar-refractivity contribution in [3.63, 3.8) is 0 Å². The molecule has 0 radical (unpaired) electrons. The number of sulfone groups is 1. The van der Waals surface area contributed by atoms with Crippen molar-refractivity contribution < 1.29 is 13.2 Å². The lowest BCUT2D eigenvalue weighted by atomic mass is 10.00. The average molecular weight is 326 g/mol. The average Bonchev–Trinajstić information content (AvgIpc) is 2.90. The van der Waals surface area contributed by atoms with Gasteiger partial charge in [0, 0.05) is 58.5 Å². The van der Waals surface area contributed by atoms with Gasteiger partial charge in [0.1, 0.15) is 0 Å². The standard InChI is InChI=1S/C14H22N4O3S/c1-17(2)14-15-6-10-9-22(19,20)12-8-18(4-5-21-3)7-11(12)13(10)16-14/h6,11-12H,4-5,7-9H2,1-3H3/t11-,12+/m0/s1. The quantitative estimate of drug-likeness (QED) is 0.764. The molecule has 2 atom stereocenters. The van der Waals surface area contributed by atoms with Crippen molar-refractivity contribution in [3.8, 4) is 0 Å².